The van der Waals surface area contributed by atoms with Crippen molar-refractivity contribution in [2.24, 2.45) is 0 Å². The van der Waals surface area contributed by atoms with Crippen molar-refractivity contribution in [1.82, 2.24) is 0 Å². The van der Waals surface area contributed by atoms with Crippen LogP contribution in [0.5, 0.6) is 0 Å². The van der Waals surface area contributed by atoms with Crippen LogP contribution in [0.15, 0.2) is 194 Å². The molecule has 0 atom stereocenters. The number of benzene rings is 10. The minimum atomic E-state index is 1.23. The van der Waals surface area contributed by atoms with E-state index in [1.807, 2.05) is 0 Å². The lowest BCUT2D eigenvalue weighted by Crippen LogP contribution is -1.92. The molecule has 50 heavy (non-hydrogen) atoms. The van der Waals surface area contributed by atoms with Gasteiger partial charge in [-0.1, -0.05) is 194 Å². The first-order valence-electron chi connectivity index (χ1n) is 17.4. The van der Waals surface area contributed by atoms with Gasteiger partial charge in [0.1, 0.15) is 0 Å². The summed E-state index contributed by atoms with van der Waals surface area (Å²) in [5.74, 6) is 0. The van der Waals surface area contributed by atoms with Crippen LogP contribution in [-0.4, -0.2) is 0 Å². The highest BCUT2D eigenvalue weighted by Gasteiger charge is 2.19. The summed E-state index contributed by atoms with van der Waals surface area (Å²) in [6.45, 7) is 0. The van der Waals surface area contributed by atoms with Crippen LogP contribution in [0.4, 0.5) is 0 Å². The van der Waals surface area contributed by atoms with E-state index in [1.165, 1.54) is 98.4 Å². The topological polar surface area (TPSA) is 0 Å². The predicted octanol–water partition coefficient (Wildman–Crippen LogP) is 14.1. The van der Waals surface area contributed by atoms with Crippen LogP contribution in [0.2, 0.25) is 0 Å². The number of hydrogen-bond donors (Lipinski definition) is 0. The van der Waals surface area contributed by atoms with Gasteiger partial charge in [-0.25, -0.2) is 0 Å². The second-order valence-electron chi connectivity index (χ2n) is 13.2. The highest BCUT2D eigenvalue weighted by molar-refractivity contribution is 6.28. The molecule has 0 spiro atoms. The second kappa shape index (κ2) is 11.6. The maximum atomic E-state index is 2.34. The fourth-order valence-corrected chi connectivity index (χ4v) is 8.15. The van der Waals surface area contributed by atoms with E-state index in [0.717, 1.165) is 0 Å². The summed E-state index contributed by atoms with van der Waals surface area (Å²) in [6, 6.07) is 71.3. The SMILES string of the molecule is c1ccc2c(-c3ccc(-c4c5ccccc5c(-c5ccc(-c6cccc7ccccc67)cc5)c5c4ccc4ccccc45)cc3)cccc2c1. The van der Waals surface area contributed by atoms with E-state index >= 15 is 0 Å². The fraction of sp³-hybridized carbons (Fsp3) is 0. The lowest BCUT2D eigenvalue weighted by atomic mass is 9.83. The van der Waals surface area contributed by atoms with E-state index in [9.17, 15) is 0 Å². The quantitative estimate of drug-likeness (QED) is 0.134. The van der Waals surface area contributed by atoms with Gasteiger partial charge in [0.25, 0.3) is 0 Å². The Labute approximate surface area is 291 Å². The highest BCUT2D eigenvalue weighted by atomic mass is 14.2. The Hall–Kier alpha value is -6.50. The molecular weight excluding hydrogens is 601 g/mol. The van der Waals surface area contributed by atoms with Gasteiger partial charge < -0.3 is 0 Å². The predicted molar refractivity (Wildman–Crippen MR) is 216 cm³/mol. The first-order valence-corrected chi connectivity index (χ1v) is 17.4. The van der Waals surface area contributed by atoms with Gasteiger partial charge >= 0.3 is 0 Å². The molecule has 0 aliphatic carbocycles. The van der Waals surface area contributed by atoms with Crippen molar-refractivity contribution >= 4 is 53.9 Å². The van der Waals surface area contributed by atoms with Gasteiger partial charge in [-0.05, 0) is 98.4 Å². The standard InChI is InChI=1S/C50H32/c1-4-16-40-33(11-1)14-9-21-42(40)36-23-27-38(28-24-36)48-45-19-7-8-20-46(45)49(50-44-18-6-3-13-35(44)31-32-47(48)50)39-29-25-37(26-30-39)43-22-10-15-34-12-2-5-17-41(34)43/h1-32H. The van der Waals surface area contributed by atoms with Gasteiger partial charge in [0.05, 0.1) is 0 Å². The van der Waals surface area contributed by atoms with Crippen LogP contribution in [0.25, 0.3) is 98.4 Å². The molecular formula is C50H32. The molecule has 10 aromatic rings. The largest absolute Gasteiger partial charge is 0.0616 e. The monoisotopic (exact) mass is 632 g/mol. The summed E-state index contributed by atoms with van der Waals surface area (Å²) >= 11 is 0. The first kappa shape index (κ1) is 28.5. The van der Waals surface area contributed by atoms with Crippen LogP contribution in [0.3, 0.4) is 0 Å². The molecule has 0 fully saturated rings. The molecule has 0 heteroatoms. The van der Waals surface area contributed by atoms with Crippen molar-refractivity contribution in [2.45, 2.75) is 0 Å². The Morgan fingerprint density at radius 3 is 1.12 bits per heavy atom. The van der Waals surface area contributed by atoms with Crippen molar-refractivity contribution in [3.05, 3.63) is 194 Å². The van der Waals surface area contributed by atoms with Gasteiger partial charge in [0.2, 0.25) is 0 Å². The van der Waals surface area contributed by atoms with Gasteiger partial charge in [-0.15, -0.1) is 0 Å². The molecule has 0 nitrogen and oxygen atoms in total. The van der Waals surface area contributed by atoms with E-state index in [0.29, 0.717) is 0 Å². The minimum Gasteiger partial charge on any atom is -0.0616 e. The van der Waals surface area contributed by atoms with Crippen LogP contribution in [0, 0.1) is 0 Å². The number of fused-ring (bicyclic) bond motifs is 6. The Bertz CT molecular complexity index is 2880. The minimum absolute atomic E-state index is 1.23. The van der Waals surface area contributed by atoms with Gasteiger partial charge in [0, 0.05) is 0 Å². The Kier molecular flexibility index (Phi) is 6.60. The van der Waals surface area contributed by atoms with E-state index in [2.05, 4.69) is 194 Å². The third kappa shape index (κ3) is 4.54. The van der Waals surface area contributed by atoms with Gasteiger partial charge in [0.15, 0.2) is 0 Å². The van der Waals surface area contributed by atoms with Crippen molar-refractivity contribution in [2.75, 3.05) is 0 Å². The fourth-order valence-electron chi connectivity index (χ4n) is 8.15. The van der Waals surface area contributed by atoms with E-state index < -0.39 is 0 Å². The lowest BCUT2D eigenvalue weighted by Gasteiger charge is -2.20. The van der Waals surface area contributed by atoms with Crippen molar-refractivity contribution in [3.63, 3.8) is 0 Å². The second-order valence-corrected chi connectivity index (χ2v) is 13.2. The van der Waals surface area contributed by atoms with Crippen molar-refractivity contribution in [1.29, 1.82) is 0 Å². The number of hydrogen-bond acceptors (Lipinski definition) is 0. The van der Waals surface area contributed by atoms with E-state index in [4.69, 9.17) is 0 Å². The molecule has 0 saturated heterocycles. The number of rotatable bonds is 4. The summed E-state index contributed by atoms with van der Waals surface area (Å²) in [5, 5.41) is 12.7. The molecule has 0 aliphatic heterocycles. The molecule has 0 radical (unpaired) electrons. The van der Waals surface area contributed by atoms with Crippen LogP contribution in [-0.2, 0) is 0 Å². The van der Waals surface area contributed by atoms with Crippen molar-refractivity contribution < 1.29 is 0 Å². The molecule has 10 rings (SSSR count). The molecule has 0 unspecified atom stereocenters. The molecule has 10 aromatic carbocycles. The molecule has 0 heterocycles. The lowest BCUT2D eigenvalue weighted by molar-refractivity contribution is 1.63. The molecule has 232 valence electrons. The van der Waals surface area contributed by atoms with E-state index in [-0.39, 0.29) is 0 Å². The molecule has 0 amide bonds. The average Bonchev–Trinajstić information content (AvgIpc) is 3.19. The zero-order chi connectivity index (χ0) is 33.0. The summed E-state index contributed by atoms with van der Waals surface area (Å²) < 4.78 is 0. The summed E-state index contributed by atoms with van der Waals surface area (Å²) in [6.07, 6.45) is 0. The summed E-state index contributed by atoms with van der Waals surface area (Å²) in [5.41, 5.74) is 10.00. The molecule has 0 aromatic heterocycles. The Morgan fingerprint density at radius 1 is 0.200 bits per heavy atom. The average molecular weight is 633 g/mol. The maximum Gasteiger partial charge on any atom is -0.00141 e. The zero-order valence-corrected chi connectivity index (χ0v) is 27.5. The third-order valence-corrected chi connectivity index (χ3v) is 10.5. The molecule has 0 N–H and O–H groups in total. The maximum absolute atomic E-state index is 2.34. The molecule has 0 saturated carbocycles. The molecule has 0 bridgehead atoms. The third-order valence-electron chi connectivity index (χ3n) is 10.5. The normalized spacial score (nSPS) is 11.6. The van der Waals surface area contributed by atoms with Gasteiger partial charge in [-0.3, -0.25) is 0 Å². The highest BCUT2D eigenvalue weighted by Crippen LogP contribution is 2.47. The zero-order valence-electron chi connectivity index (χ0n) is 27.5. The van der Waals surface area contributed by atoms with Crippen LogP contribution < -0.4 is 0 Å². The smallest absolute Gasteiger partial charge is 0.00141 e. The summed E-state index contributed by atoms with van der Waals surface area (Å²) in [4.78, 5) is 0. The Morgan fingerprint density at radius 2 is 0.580 bits per heavy atom. The van der Waals surface area contributed by atoms with Gasteiger partial charge in [-0.2, -0.15) is 0 Å². The Balaban J connectivity index is 1.20. The summed E-state index contributed by atoms with van der Waals surface area (Å²) in [7, 11) is 0. The van der Waals surface area contributed by atoms with Crippen LogP contribution >= 0.6 is 0 Å². The van der Waals surface area contributed by atoms with Crippen LogP contribution in [0.1, 0.15) is 0 Å². The van der Waals surface area contributed by atoms with E-state index in [1.54, 1.807) is 0 Å². The first-order chi connectivity index (χ1) is 24.8. The molecule has 0 aliphatic rings. The van der Waals surface area contributed by atoms with Crippen molar-refractivity contribution in [3.8, 4) is 44.5 Å².